The van der Waals surface area contributed by atoms with Gasteiger partial charge in [-0.3, -0.25) is 9.59 Å². The van der Waals surface area contributed by atoms with Crippen LogP contribution < -0.4 is 15.4 Å². The number of ether oxygens (including phenoxy) is 2. The Bertz CT molecular complexity index is 1130. The molecule has 0 saturated heterocycles. The number of benzene rings is 2. The van der Waals surface area contributed by atoms with Gasteiger partial charge < -0.3 is 20.1 Å². The molecule has 0 unspecified atom stereocenters. The zero-order valence-electron chi connectivity index (χ0n) is 18.1. The molecule has 2 aromatic carbocycles. The van der Waals surface area contributed by atoms with Gasteiger partial charge in [0.2, 0.25) is 0 Å². The maximum Gasteiger partial charge on any atom is 0.348 e. The van der Waals surface area contributed by atoms with Crippen molar-refractivity contribution in [2.45, 2.75) is 20.4 Å². The summed E-state index contributed by atoms with van der Waals surface area (Å²) >= 11 is 6.85. The van der Waals surface area contributed by atoms with Gasteiger partial charge in [0.15, 0.2) is 6.61 Å². The van der Waals surface area contributed by atoms with Crippen molar-refractivity contribution in [2.75, 3.05) is 18.5 Å². The summed E-state index contributed by atoms with van der Waals surface area (Å²) in [6.45, 7) is 3.57. The number of esters is 1. The third kappa shape index (κ3) is 6.57. The SMILES string of the molecule is CCOC(=O)c1sc(NC(=O)COc2ccc(Cl)cc2)c(C(=O)NCc2ccccc2)c1C. The lowest BCUT2D eigenvalue weighted by atomic mass is 10.1. The molecule has 0 bridgehead atoms. The molecule has 172 valence electrons. The molecule has 0 spiro atoms. The fourth-order valence-electron chi connectivity index (χ4n) is 2.98. The van der Waals surface area contributed by atoms with Gasteiger partial charge in [-0.2, -0.15) is 0 Å². The van der Waals surface area contributed by atoms with E-state index in [1.54, 1.807) is 38.1 Å². The van der Waals surface area contributed by atoms with Crippen LogP contribution in [0.2, 0.25) is 5.02 Å². The van der Waals surface area contributed by atoms with E-state index in [2.05, 4.69) is 10.6 Å². The van der Waals surface area contributed by atoms with E-state index in [-0.39, 0.29) is 28.7 Å². The highest BCUT2D eigenvalue weighted by Crippen LogP contribution is 2.34. The molecule has 3 rings (SSSR count). The van der Waals surface area contributed by atoms with E-state index < -0.39 is 17.8 Å². The van der Waals surface area contributed by atoms with Gasteiger partial charge in [-0.1, -0.05) is 41.9 Å². The maximum atomic E-state index is 13.0. The van der Waals surface area contributed by atoms with E-state index in [0.717, 1.165) is 16.9 Å². The van der Waals surface area contributed by atoms with Crippen molar-refractivity contribution < 1.29 is 23.9 Å². The normalized spacial score (nSPS) is 10.4. The molecular formula is C24H23ClN2O5S. The minimum atomic E-state index is -0.546. The molecule has 0 saturated carbocycles. The average molecular weight is 487 g/mol. The summed E-state index contributed by atoms with van der Waals surface area (Å²) in [5.74, 6) is -0.948. The van der Waals surface area contributed by atoms with Gasteiger partial charge in [0.05, 0.1) is 12.2 Å². The highest BCUT2D eigenvalue weighted by atomic mass is 35.5. The molecule has 1 heterocycles. The molecule has 0 fully saturated rings. The van der Waals surface area contributed by atoms with Crippen molar-refractivity contribution in [1.82, 2.24) is 5.32 Å². The Labute approximate surface area is 200 Å². The standard InChI is InChI=1S/C24H23ClN2O5S/c1-3-31-24(30)21-15(2)20(22(29)26-13-16-7-5-4-6-8-16)23(33-21)27-19(28)14-32-18-11-9-17(25)10-12-18/h4-12H,3,13-14H2,1-2H3,(H,26,29)(H,27,28). The van der Waals surface area contributed by atoms with Gasteiger partial charge in [0, 0.05) is 11.6 Å². The lowest BCUT2D eigenvalue weighted by Gasteiger charge is -2.10. The van der Waals surface area contributed by atoms with Crippen molar-refractivity contribution >= 4 is 45.7 Å². The zero-order valence-corrected chi connectivity index (χ0v) is 19.7. The summed E-state index contributed by atoms with van der Waals surface area (Å²) < 4.78 is 10.6. The summed E-state index contributed by atoms with van der Waals surface area (Å²) in [4.78, 5) is 38.1. The van der Waals surface area contributed by atoms with Crippen LogP contribution in [0.15, 0.2) is 54.6 Å². The van der Waals surface area contributed by atoms with Crippen molar-refractivity contribution in [1.29, 1.82) is 0 Å². The Morgan fingerprint density at radius 1 is 1.03 bits per heavy atom. The smallest absolute Gasteiger partial charge is 0.348 e. The number of rotatable bonds is 9. The Morgan fingerprint density at radius 3 is 2.39 bits per heavy atom. The fourth-order valence-corrected chi connectivity index (χ4v) is 4.22. The number of nitrogens with one attached hydrogen (secondary N) is 2. The summed E-state index contributed by atoms with van der Waals surface area (Å²) in [6, 6.07) is 16.0. The van der Waals surface area contributed by atoms with E-state index >= 15 is 0 Å². The first-order chi connectivity index (χ1) is 15.9. The number of hydrogen-bond donors (Lipinski definition) is 2. The van der Waals surface area contributed by atoms with Gasteiger partial charge in [-0.25, -0.2) is 4.79 Å². The lowest BCUT2D eigenvalue weighted by Crippen LogP contribution is -2.26. The number of carbonyl (C=O) groups excluding carboxylic acids is 3. The number of halogens is 1. The minimum absolute atomic E-state index is 0.197. The monoisotopic (exact) mass is 486 g/mol. The summed E-state index contributed by atoms with van der Waals surface area (Å²) in [7, 11) is 0. The summed E-state index contributed by atoms with van der Waals surface area (Å²) in [5.41, 5.74) is 1.59. The van der Waals surface area contributed by atoms with E-state index in [9.17, 15) is 14.4 Å². The van der Waals surface area contributed by atoms with Crippen LogP contribution in [0.5, 0.6) is 5.75 Å². The molecule has 0 aliphatic rings. The molecule has 3 aromatic rings. The second kappa shape index (κ2) is 11.5. The second-order valence-corrected chi connectivity index (χ2v) is 8.40. The highest BCUT2D eigenvalue weighted by molar-refractivity contribution is 7.18. The molecule has 0 atom stereocenters. The van der Waals surface area contributed by atoms with Crippen molar-refractivity contribution in [3.8, 4) is 5.75 Å². The zero-order chi connectivity index (χ0) is 23.8. The van der Waals surface area contributed by atoms with Gasteiger partial charge in [-0.15, -0.1) is 11.3 Å². The Balaban J connectivity index is 1.76. The molecule has 9 heteroatoms. The largest absolute Gasteiger partial charge is 0.484 e. The van der Waals surface area contributed by atoms with E-state index in [1.165, 1.54) is 0 Å². The molecule has 0 aliphatic carbocycles. The quantitative estimate of drug-likeness (QED) is 0.422. The first kappa shape index (κ1) is 24.3. The van der Waals surface area contributed by atoms with Crippen LogP contribution in [-0.2, 0) is 16.1 Å². The Hall–Kier alpha value is -3.36. The van der Waals surface area contributed by atoms with E-state index in [4.69, 9.17) is 21.1 Å². The number of anilines is 1. The third-order valence-electron chi connectivity index (χ3n) is 4.57. The van der Waals surface area contributed by atoms with Crippen LogP contribution in [0.3, 0.4) is 0 Å². The van der Waals surface area contributed by atoms with Crippen LogP contribution >= 0.6 is 22.9 Å². The maximum absolute atomic E-state index is 13.0. The minimum Gasteiger partial charge on any atom is -0.484 e. The summed E-state index contributed by atoms with van der Waals surface area (Å²) in [5, 5.41) is 6.34. The van der Waals surface area contributed by atoms with Crippen LogP contribution in [0, 0.1) is 6.92 Å². The highest BCUT2D eigenvalue weighted by Gasteiger charge is 2.26. The molecule has 0 radical (unpaired) electrons. The molecule has 2 amide bonds. The number of thiophene rings is 1. The topological polar surface area (TPSA) is 93.7 Å². The van der Waals surface area contributed by atoms with Crippen LogP contribution in [-0.4, -0.2) is 31.0 Å². The first-order valence-electron chi connectivity index (χ1n) is 10.2. The fraction of sp³-hybridized carbons (Fsp3) is 0.208. The Morgan fingerprint density at radius 2 is 1.73 bits per heavy atom. The van der Waals surface area contributed by atoms with Crippen LogP contribution in [0.4, 0.5) is 5.00 Å². The lowest BCUT2D eigenvalue weighted by molar-refractivity contribution is -0.118. The number of amides is 2. The van der Waals surface area contributed by atoms with E-state index in [0.29, 0.717) is 22.9 Å². The second-order valence-electron chi connectivity index (χ2n) is 6.94. The molecule has 1 aromatic heterocycles. The van der Waals surface area contributed by atoms with Crippen LogP contribution in [0.25, 0.3) is 0 Å². The van der Waals surface area contributed by atoms with Crippen molar-refractivity contribution in [2.24, 2.45) is 0 Å². The predicted molar refractivity (Wildman–Crippen MR) is 128 cm³/mol. The number of carbonyl (C=O) groups is 3. The van der Waals surface area contributed by atoms with Crippen molar-refractivity contribution in [3.63, 3.8) is 0 Å². The predicted octanol–water partition coefficient (Wildman–Crippen LogP) is 4.83. The summed E-state index contributed by atoms with van der Waals surface area (Å²) in [6.07, 6.45) is 0. The molecule has 7 nitrogen and oxygen atoms in total. The van der Waals surface area contributed by atoms with Gasteiger partial charge >= 0.3 is 5.97 Å². The Kier molecular flexibility index (Phi) is 8.46. The van der Waals surface area contributed by atoms with Gasteiger partial charge in [0.25, 0.3) is 11.8 Å². The first-order valence-corrected chi connectivity index (χ1v) is 11.4. The van der Waals surface area contributed by atoms with Crippen LogP contribution in [0.1, 0.15) is 38.1 Å². The molecule has 2 N–H and O–H groups in total. The molecular weight excluding hydrogens is 464 g/mol. The van der Waals surface area contributed by atoms with E-state index in [1.807, 2.05) is 30.3 Å². The number of hydrogen-bond acceptors (Lipinski definition) is 6. The average Bonchev–Trinajstić information content (AvgIpc) is 3.13. The molecule has 33 heavy (non-hydrogen) atoms. The van der Waals surface area contributed by atoms with Gasteiger partial charge in [-0.05, 0) is 49.2 Å². The third-order valence-corrected chi connectivity index (χ3v) is 6.01. The molecule has 0 aliphatic heterocycles. The van der Waals surface area contributed by atoms with Crippen molar-refractivity contribution in [3.05, 3.63) is 81.2 Å². The van der Waals surface area contributed by atoms with Gasteiger partial charge in [0.1, 0.15) is 15.6 Å².